The molecule has 7 heteroatoms. The maximum absolute atomic E-state index is 13.2. The van der Waals surface area contributed by atoms with Crippen LogP contribution in [0.4, 0.5) is 15.8 Å². The van der Waals surface area contributed by atoms with E-state index in [1.165, 1.54) is 11.0 Å². The number of hydrogen-bond acceptors (Lipinski definition) is 5. The van der Waals surface area contributed by atoms with Gasteiger partial charge in [-0.25, -0.2) is 0 Å². The molecule has 0 aliphatic rings. The van der Waals surface area contributed by atoms with E-state index < -0.39 is 16.4 Å². The molecular weight excluding hydrogens is 269 g/mol. The summed E-state index contributed by atoms with van der Waals surface area (Å²) in [5.41, 5.74) is -0.283. The SMILES string of the molecule is CC(C)SCCN(C#N)c1ccc(F)c([N+](=O)[O-])c1. The molecule has 1 rings (SSSR count). The summed E-state index contributed by atoms with van der Waals surface area (Å²) < 4.78 is 13.2. The molecule has 0 saturated heterocycles. The van der Waals surface area contributed by atoms with E-state index in [9.17, 15) is 14.5 Å². The highest BCUT2D eigenvalue weighted by Crippen LogP contribution is 2.24. The predicted molar refractivity (Wildman–Crippen MR) is 73.6 cm³/mol. The van der Waals surface area contributed by atoms with E-state index in [2.05, 4.69) is 0 Å². The molecule has 0 saturated carbocycles. The molecule has 0 atom stereocenters. The number of hydrogen-bond donors (Lipinski definition) is 0. The van der Waals surface area contributed by atoms with E-state index in [1.807, 2.05) is 20.0 Å². The Morgan fingerprint density at radius 1 is 1.58 bits per heavy atom. The van der Waals surface area contributed by atoms with E-state index in [-0.39, 0.29) is 0 Å². The zero-order chi connectivity index (χ0) is 14.4. The van der Waals surface area contributed by atoms with Crippen LogP contribution >= 0.6 is 11.8 Å². The van der Waals surface area contributed by atoms with Gasteiger partial charge in [-0.15, -0.1) is 0 Å². The summed E-state index contributed by atoms with van der Waals surface area (Å²) in [4.78, 5) is 11.2. The van der Waals surface area contributed by atoms with Gasteiger partial charge in [-0.05, 0) is 17.4 Å². The first-order valence-corrected chi connectivity index (χ1v) is 6.73. The minimum atomic E-state index is -0.900. The second-order valence-electron chi connectivity index (χ2n) is 4.06. The van der Waals surface area contributed by atoms with Crippen LogP contribution in [0.2, 0.25) is 0 Å². The highest BCUT2D eigenvalue weighted by Gasteiger charge is 2.17. The summed E-state index contributed by atoms with van der Waals surface area (Å²) in [7, 11) is 0. The third-order valence-electron chi connectivity index (χ3n) is 2.32. The molecule has 0 aliphatic carbocycles. The van der Waals surface area contributed by atoms with Gasteiger partial charge in [0.15, 0.2) is 6.19 Å². The molecule has 0 aromatic heterocycles. The number of nitriles is 1. The van der Waals surface area contributed by atoms with Crippen molar-refractivity contribution in [2.45, 2.75) is 19.1 Å². The van der Waals surface area contributed by atoms with Gasteiger partial charge >= 0.3 is 5.69 Å². The summed E-state index contributed by atoms with van der Waals surface area (Å²) in [6.45, 7) is 4.52. The van der Waals surface area contributed by atoms with Crippen molar-refractivity contribution in [3.05, 3.63) is 34.1 Å². The van der Waals surface area contributed by atoms with Gasteiger partial charge in [0, 0.05) is 18.4 Å². The number of thioether (sulfide) groups is 1. The van der Waals surface area contributed by atoms with E-state index in [4.69, 9.17) is 5.26 Å². The largest absolute Gasteiger partial charge is 0.306 e. The zero-order valence-corrected chi connectivity index (χ0v) is 11.5. The molecule has 0 aliphatic heterocycles. The Kier molecular flexibility index (Phi) is 5.57. The van der Waals surface area contributed by atoms with Crippen LogP contribution in [0.25, 0.3) is 0 Å². The Morgan fingerprint density at radius 3 is 2.79 bits per heavy atom. The predicted octanol–water partition coefficient (Wildman–Crippen LogP) is 3.16. The summed E-state index contributed by atoms with van der Waals surface area (Å²) >= 11 is 1.68. The molecule has 0 heterocycles. The molecule has 0 bridgehead atoms. The van der Waals surface area contributed by atoms with Crippen molar-refractivity contribution in [3.8, 4) is 6.19 Å². The fourth-order valence-corrected chi connectivity index (χ4v) is 2.18. The quantitative estimate of drug-likeness (QED) is 0.347. The Bertz CT molecular complexity index is 502. The lowest BCUT2D eigenvalue weighted by Crippen LogP contribution is -2.20. The van der Waals surface area contributed by atoms with E-state index >= 15 is 0 Å². The second kappa shape index (κ2) is 6.95. The van der Waals surface area contributed by atoms with Gasteiger partial charge in [0.1, 0.15) is 0 Å². The smallest absolute Gasteiger partial charge is 0.278 e. The lowest BCUT2D eigenvalue weighted by molar-refractivity contribution is -0.387. The highest BCUT2D eigenvalue weighted by molar-refractivity contribution is 7.99. The van der Waals surface area contributed by atoms with Crippen molar-refractivity contribution < 1.29 is 9.31 Å². The van der Waals surface area contributed by atoms with Gasteiger partial charge in [-0.2, -0.15) is 21.4 Å². The van der Waals surface area contributed by atoms with Gasteiger partial charge in [-0.1, -0.05) is 13.8 Å². The van der Waals surface area contributed by atoms with Crippen LogP contribution in [0.1, 0.15) is 13.8 Å². The minimum absolute atomic E-state index is 0.333. The van der Waals surface area contributed by atoms with Crippen LogP contribution in [0.5, 0.6) is 0 Å². The summed E-state index contributed by atoms with van der Waals surface area (Å²) in [6.07, 6.45) is 1.95. The number of nitro benzene ring substituents is 1. The van der Waals surface area contributed by atoms with Crippen LogP contribution < -0.4 is 4.90 Å². The summed E-state index contributed by atoms with van der Waals surface area (Å²) in [5.74, 6) is -0.181. The maximum Gasteiger partial charge on any atom is 0.306 e. The normalized spacial score (nSPS) is 10.3. The van der Waals surface area contributed by atoms with Crippen molar-refractivity contribution in [3.63, 3.8) is 0 Å². The van der Waals surface area contributed by atoms with Crippen LogP contribution in [-0.2, 0) is 0 Å². The lowest BCUT2D eigenvalue weighted by Gasteiger charge is -2.15. The average molecular weight is 283 g/mol. The monoisotopic (exact) mass is 283 g/mol. The molecule has 5 nitrogen and oxygen atoms in total. The molecule has 1 aromatic carbocycles. The molecule has 0 amide bonds. The highest BCUT2D eigenvalue weighted by atomic mass is 32.2. The molecule has 0 radical (unpaired) electrons. The Morgan fingerprint density at radius 2 is 2.26 bits per heavy atom. The van der Waals surface area contributed by atoms with E-state index in [1.54, 1.807) is 11.8 Å². The zero-order valence-electron chi connectivity index (χ0n) is 10.7. The van der Waals surface area contributed by atoms with Gasteiger partial charge in [-0.3, -0.25) is 15.0 Å². The van der Waals surface area contributed by atoms with E-state index in [0.717, 1.165) is 17.9 Å². The first-order valence-electron chi connectivity index (χ1n) is 5.68. The van der Waals surface area contributed by atoms with Crippen LogP contribution in [0.3, 0.4) is 0 Å². The van der Waals surface area contributed by atoms with Crippen LogP contribution in [0.15, 0.2) is 18.2 Å². The molecule has 0 N–H and O–H groups in total. The third-order valence-corrected chi connectivity index (χ3v) is 3.41. The Hall–Kier alpha value is -1.81. The average Bonchev–Trinajstić information content (AvgIpc) is 2.35. The third kappa shape index (κ3) is 4.41. The van der Waals surface area contributed by atoms with Crippen molar-refractivity contribution in [1.29, 1.82) is 5.26 Å². The molecule has 1 aromatic rings. The maximum atomic E-state index is 13.2. The first-order chi connectivity index (χ1) is 8.95. The second-order valence-corrected chi connectivity index (χ2v) is 5.75. The first kappa shape index (κ1) is 15.2. The summed E-state index contributed by atoms with van der Waals surface area (Å²) in [5, 5.41) is 20.1. The van der Waals surface area contributed by atoms with Crippen molar-refractivity contribution in [2.75, 3.05) is 17.2 Å². The summed E-state index contributed by atoms with van der Waals surface area (Å²) in [6, 6.07) is 3.46. The van der Waals surface area contributed by atoms with Gasteiger partial charge in [0.25, 0.3) is 0 Å². The molecule has 0 unspecified atom stereocenters. The lowest BCUT2D eigenvalue weighted by atomic mass is 10.2. The van der Waals surface area contributed by atoms with Gasteiger partial charge in [0.05, 0.1) is 10.6 Å². The Balaban J connectivity index is 2.85. The van der Waals surface area contributed by atoms with Crippen molar-refractivity contribution in [2.24, 2.45) is 0 Å². The van der Waals surface area contributed by atoms with Gasteiger partial charge in [0.2, 0.25) is 5.82 Å². The van der Waals surface area contributed by atoms with Crippen molar-refractivity contribution >= 4 is 23.1 Å². The molecule has 0 fully saturated rings. The van der Waals surface area contributed by atoms with E-state index in [0.29, 0.717) is 17.5 Å². The fraction of sp³-hybridized carbons (Fsp3) is 0.417. The Labute approximate surface area is 115 Å². The minimum Gasteiger partial charge on any atom is -0.278 e. The number of anilines is 1. The molecular formula is C12H14FN3O2S. The molecule has 0 spiro atoms. The van der Waals surface area contributed by atoms with Gasteiger partial charge < -0.3 is 0 Å². The number of nitrogens with zero attached hydrogens (tertiary/aromatic N) is 3. The topological polar surface area (TPSA) is 70.2 Å². The molecule has 19 heavy (non-hydrogen) atoms. The number of benzene rings is 1. The number of rotatable bonds is 6. The number of nitro groups is 1. The molecule has 102 valence electrons. The standard InChI is InChI=1S/C12H14FN3O2S/c1-9(2)19-6-5-15(8-14)10-3-4-11(13)12(7-10)16(17)18/h3-4,7,9H,5-6H2,1-2H3. The van der Waals surface area contributed by atoms with Crippen molar-refractivity contribution in [1.82, 2.24) is 0 Å². The van der Waals surface area contributed by atoms with Crippen LogP contribution in [0, 0.1) is 27.4 Å². The fourth-order valence-electron chi connectivity index (χ4n) is 1.43. The number of halogens is 1. The van der Waals surface area contributed by atoms with Crippen LogP contribution in [-0.4, -0.2) is 22.5 Å².